The maximum absolute atomic E-state index is 12.9. The van der Waals surface area contributed by atoms with Crippen LogP contribution in [0.25, 0.3) is 0 Å². The van der Waals surface area contributed by atoms with E-state index in [0.29, 0.717) is 22.8 Å². The minimum absolute atomic E-state index is 0.0328. The summed E-state index contributed by atoms with van der Waals surface area (Å²) in [6.07, 6.45) is -1.28. The fourth-order valence-electron chi connectivity index (χ4n) is 3.83. The predicted molar refractivity (Wildman–Crippen MR) is 140 cm³/mol. The third-order valence-electron chi connectivity index (χ3n) is 6.16. The number of hydrogen-bond acceptors (Lipinski definition) is 8. The van der Waals surface area contributed by atoms with E-state index in [1.54, 1.807) is 12.1 Å². The monoisotopic (exact) mass is 517 g/mol. The highest BCUT2D eigenvalue weighted by molar-refractivity contribution is 5.83. The van der Waals surface area contributed by atoms with Crippen LogP contribution < -0.4 is 30.6 Å². The maximum atomic E-state index is 12.9. The SMILES string of the molecule is COc1cc(OC)c(OC)cc1CN[C@@H](C(=O)O)[C@H](O)[C@H](Cc1ccccc1)NC(=O)[C@@H](N)C(C)(C)C. The maximum Gasteiger partial charge on any atom is 0.323 e. The van der Waals surface area contributed by atoms with E-state index < -0.39 is 41.5 Å². The lowest BCUT2D eigenvalue weighted by Gasteiger charge is -2.32. The van der Waals surface area contributed by atoms with Crippen molar-refractivity contribution < 1.29 is 34.0 Å². The number of nitrogens with one attached hydrogen (secondary N) is 2. The Hall–Kier alpha value is -3.34. The van der Waals surface area contributed by atoms with Crippen LogP contribution in [0.15, 0.2) is 42.5 Å². The molecule has 0 aliphatic rings. The number of benzene rings is 2. The highest BCUT2D eigenvalue weighted by atomic mass is 16.5. The van der Waals surface area contributed by atoms with E-state index in [2.05, 4.69) is 10.6 Å². The zero-order valence-corrected chi connectivity index (χ0v) is 22.3. The van der Waals surface area contributed by atoms with Gasteiger partial charge in [0.2, 0.25) is 5.91 Å². The van der Waals surface area contributed by atoms with Crippen LogP contribution in [0.5, 0.6) is 17.2 Å². The minimum Gasteiger partial charge on any atom is -0.496 e. The number of carboxylic acids is 1. The fraction of sp³-hybridized carbons (Fsp3) is 0.481. The second kappa shape index (κ2) is 13.3. The van der Waals surface area contributed by atoms with Crippen LogP contribution in [0.4, 0.5) is 0 Å². The predicted octanol–water partition coefficient (Wildman–Crippen LogP) is 1.72. The molecule has 0 aliphatic heterocycles. The number of nitrogens with two attached hydrogens (primary N) is 1. The van der Waals surface area contributed by atoms with Crippen molar-refractivity contribution in [1.29, 1.82) is 0 Å². The molecular weight excluding hydrogens is 478 g/mol. The largest absolute Gasteiger partial charge is 0.496 e. The number of methoxy groups -OCH3 is 3. The van der Waals surface area contributed by atoms with Gasteiger partial charge in [-0.05, 0) is 23.5 Å². The van der Waals surface area contributed by atoms with Crippen LogP contribution in [0.1, 0.15) is 31.9 Å². The number of rotatable bonds is 13. The molecule has 2 aromatic carbocycles. The van der Waals surface area contributed by atoms with Crippen LogP contribution in [0.2, 0.25) is 0 Å². The molecule has 6 N–H and O–H groups in total. The van der Waals surface area contributed by atoms with Crippen LogP contribution >= 0.6 is 0 Å². The van der Waals surface area contributed by atoms with E-state index in [1.165, 1.54) is 21.3 Å². The lowest BCUT2D eigenvalue weighted by molar-refractivity contribution is -0.144. The number of amides is 1. The number of carbonyl (C=O) groups excluding carboxylic acids is 1. The molecule has 2 rings (SSSR count). The molecule has 10 nitrogen and oxygen atoms in total. The van der Waals surface area contributed by atoms with Crippen LogP contribution in [0.3, 0.4) is 0 Å². The summed E-state index contributed by atoms with van der Waals surface area (Å²) in [5.74, 6) is -0.400. The average Bonchev–Trinajstić information content (AvgIpc) is 2.87. The van der Waals surface area contributed by atoms with Crippen molar-refractivity contribution >= 4 is 11.9 Å². The molecule has 4 atom stereocenters. The van der Waals surface area contributed by atoms with Crippen molar-refractivity contribution in [3.05, 3.63) is 53.6 Å². The molecule has 0 saturated carbocycles. The van der Waals surface area contributed by atoms with Gasteiger partial charge in [-0.25, -0.2) is 0 Å². The topological polar surface area (TPSA) is 152 Å². The molecule has 2 aromatic rings. The quantitative estimate of drug-likeness (QED) is 0.267. The molecule has 0 radical (unpaired) electrons. The first kappa shape index (κ1) is 29.9. The highest BCUT2D eigenvalue weighted by Crippen LogP contribution is 2.34. The van der Waals surface area contributed by atoms with Gasteiger partial charge in [0.1, 0.15) is 17.9 Å². The fourth-order valence-corrected chi connectivity index (χ4v) is 3.83. The Morgan fingerprint density at radius 2 is 1.54 bits per heavy atom. The Bertz CT molecular complexity index is 1040. The van der Waals surface area contributed by atoms with Crippen molar-refractivity contribution in [3.63, 3.8) is 0 Å². The number of hydrogen-bond donors (Lipinski definition) is 5. The van der Waals surface area contributed by atoms with Gasteiger partial charge >= 0.3 is 5.97 Å². The molecule has 0 saturated heterocycles. The molecule has 37 heavy (non-hydrogen) atoms. The number of aliphatic hydroxyl groups excluding tert-OH is 1. The van der Waals surface area contributed by atoms with Crippen LogP contribution in [0, 0.1) is 5.41 Å². The van der Waals surface area contributed by atoms with Gasteiger partial charge in [-0.1, -0.05) is 51.1 Å². The summed E-state index contributed by atoms with van der Waals surface area (Å²) < 4.78 is 16.1. The first-order valence-electron chi connectivity index (χ1n) is 12.0. The average molecular weight is 518 g/mol. The zero-order chi connectivity index (χ0) is 27.8. The van der Waals surface area contributed by atoms with E-state index in [9.17, 15) is 19.8 Å². The molecule has 0 fully saturated rings. The number of aliphatic hydroxyl groups is 1. The molecule has 204 valence electrons. The normalized spacial score (nSPS) is 14.7. The Morgan fingerprint density at radius 3 is 2.05 bits per heavy atom. The molecule has 0 bridgehead atoms. The number of ether oxygens (including phenoxy) is 3. The van der Waals surface area contributed by atoms with Crippen LogP contribution in [-0.4, -0.2) is 67.6 Å². The first-order valence-corrected chi connectivity index (χ1v) is 12.0. The van der Waals surface area contributed by atoms with Gasteiger partial charge in [0.25, 0.3) is 0 Å². The lowest BCUT2D eigenvalue weighted by atomic mass is 9.86. The van der Waals surface area contributed by atoms with Gasteiger partial charge in [0.15, 0.2) is 11.5 Å². The van der Waals surface area contributed by atoms with Crippen LogP contribution in [-0.2, 0) is 22.6 Å². The van der Waals surface area contributed by atoms with Gasteiger partial charge in [-0.15, -0.1) is 0 Å². The van der Waals surface area contributed by atoms with E-state index in [-0.39, 0.29) is 13.0 Å². The number of aliphatic carboxylic acids is 1. The molecule has 0 heterocycles. The Morgan fingerprint density at radius 1 is 0.973 bits per heavy atom. The standard InChI is InChI=1S/C27H39N3O7/c1-27(2,3)24(28)25(32)30-18(12-16-10-8-7-9-11-16)23(31)22(26(33)34)29-15-17-13-20(36-5)21(37-6)14-19(17)35-4/h7-11,13-14,18,22-24,29,31H,12,15,28H2,1-6H3,(H,30,32)(H,33,34)/t18-,22+,23+,24+/m0/s1. The highest BCUT2D eigenvalue weighted by Gasteiger charge is 2.36. The van der Waals surface area contributed by atoms with Crippen molar-refractivity contribution in [2.75, 3.05) is 21.3 Å². The third kappa shape index (κ3) is 8.08. The van der Waals surface area contributed by atoms with Gasteiger partial charge in [0.05, 0.1) is 33.4 Å². The Kier molecular flexibility index (Phi) is 10.7. The van der Waals surface area contributed by atoms with Gasteiger partial charge in [0, 0.05) is 18.2 Å². The first-order chi connectivity index (χ1) is 17.4. The Labute approximate surface area is 218 Å². The van der Waals surface area contributed by atoms with Gasteiger partial charge in [-0.2, -0.15) is 0 Å². The zero-order valence-electron chi connectivity index (χ0n) is 22.3. The molecule has 0 spiro atoms. The lowest BCUT2D eigenvalue weighted by Crippen LogP contribution is -2.60. The second-order valence-electron chi connectivity index (χ2n) is 9.85. The van der Waals surface area contributed by atoms with E-state index >= 15 is 0 Å². The van der Waals surface area contributed by atoms with Crippen molar-refractivity contribution in [2.24, 2.45) is 11.1 Å². The van der Waals surface area contributed by atoms with Crippen molar-refractivity contribution in [2.45, 2.75) is 58.0 Å². The van der Waals surface area contributed by atoms with E-state index in [4.69, 9.17) is 19.9 Å². The second-order valence-corrected chi connectivity index (χ2v) is 9.85. The van der Waals surface area contributed by atoms with Gasteiger partial charge in [-0.3, -0.25) is 14.9 Å². The summed E-state index contributed by atoms with van der Waals surface area (Å²) in [7, 11) is 4.47. The molecule has 10 heteroatoms. The number of carboxylic acid groups (broad SMARTS) is 1. The van der Waals surface area contributed by atoms with Crippen molar-refractivity contribution in [1.82, 2.24) is 10.6 Å². The molecule has 0 aromatic heterocycles. The summed E-state index contributed by atoms with van der Waals surface area (Å²) in [5, 5.41) is 26.9. The summed E-state index contributed by atoms with van der Waals surface area (Å²) in [4.78, 5) is 25.2. The summed E-state index contributed by atoms with van der Waals surface area (Å²) in [5.41, 5.74) is 7.02. The smallest absolute Gasteiger partial charge is 0.323 e. The third-order valence-corrected chi connectivity index (χ3v) is 6.16. The Balaban J connectivity index is 2.32. The molecule has 0 aliphatic carbocycles. The molecule has 0 unspecified atom stereocenters. The summed E-state index contributed by atoms with van der Waals surface area (Å²) >= 11 is 0. The van der Waals surface area contributed by atoms with Gasteiger partial charge < -0.3 is 35.5 Å². The van der Waals surface area contributed by atoms with E-state index in [0.717, 1.165) is 5.56 Å². The summed E-state index contributed by atoms with van der Waals surface area (Å²) in [6, 6.07) is 9.29. The summed E-state index contributed by atoms with van der Waals surface area (Å²) in [6.45, 7) is 5.53. The van der Waals surface area contributed by atoms with E-state index in [1.807, 2.05) is 51.1 Å². The van der Waals surface area contributed by atoms with Crippen molar-refractivity contribution in [3.8, 4) is 17.2 Å². The molecule has 1 amide bonds. The minimum atomic E-state index is -1.49. The molecular formula is C27H39N3O7. The number of carbonyl (C=O) groups is 2.